The molecule has 2 aliphatic rings. The number of likely N-dealkylation sites (tertiary alicyclic amines) is 1. The Hall–Kier alpha value is -1.43. The van der Waals surface area contributed by atoms with Gasteiger partial charge in [-0.25, -0.2) is 0 Å². The molecule has 2 fully saturated rings. The zero-order chi connectivity index (χ0) is 15.5. The Kier molecular flexibility index (Phi) is 5.87. The summed E-state index contributed by atoms with van der Waals surface area (Å²) >= 11 is 0. The fourth-order valence-corrected chi connectivity index (χ4v) is 3.57. The first-order valence-corrected chi connectivity index (χ1v) is 8.74. The van der Waals surface area contributed by atoms with Crippen molar-refractivity contribution in [2.45, 2.75) is 38.1 Å². The summed E-state index contributed by atoms with van der Waals surface area (Å²) in [5.41, 5.74) is 2.39. The largest absolute Gasteiger partial charge is 0.339 e. The molecule has 3 heterocycles. The van der Waals surface area contributed by atoms with Gasteiger partial charge in [-0.3, -0.25) is 4.90 Å². The molecule has 0 aliphatic carbocycles. The number of benzene rings is 1. The predicted octanol–water partition coefficient (Wildman–Crippen LogP) is 3.22. The Morgan fingerprint density at radius 3 is 2.88 bits per heavy atom. The molecule has 0 radical (unpaired) electrons. The summed E-state index contributed by atoms with van der Waals surface area (Å²) in [6, 6.07) is 8.57. The van der Waals surface area contributed by atoms with Gasteiger partial charge >= 0.3 is 0 Å². The summed E-state index contributed by atoms with van der Waals surface area (Å²) in [5.74, 6) is 1.85. The highest BCUT2D eigenvalue weighted by atomic mass is 35.5. The molecule has 2 aromatic rings. The van der Waals surface area contributed by atoms with Crippen LogP contribution in [0, 0.1) is 0 Å². The standard InChI is InChI=1S/C18H24N4O.ClH/c1-2-9-22(10-3-1)13-14-5-4-6-15(11-14)17-20-18(23-21-17)16-7-8-19-12-16;/h4-6,11,16,19H,1-3,7-10,12-13H2;1H/t16-;/m1./s1. The maximum Gasteiger partial charge on any atom is 0.231 e. The molecule has 2 saturated heterocycles. The van der Waals surface area contributed by atoms with E-state index in [0.717, 1.165) is 37.5 Å². The quantitative estimate of drug-likeness (QED) is 0.919. The van der Waals surface area contributed by atoms with Gasteiger partial charge in [0.15, 0.2) is 0 Å². The number of nitrogens with zero attached hydrogens (tertiary/aromatic N) is 3. The van der Waals surface area contributed by atoms with Gasteiger partial charge in [-0.15, -0.1) is 12.4 Å². The van der Waals surface area contributed by atoms with Gasteiger partial charge in [0.05, 0.1) is 5.92 Å². The van der Waals surface area contributed by atoms with E-state index in [0.29, 0.717) is 11.7 Å². The highest BCUT2D eigenvalue weighted by Gasteiger charge is 2.23. The SMILES string of the molecule is Cl.c1cc(CN2CCCCC2)cc(-c2noc([C@@H]3CCNC3)n2)c1. The van der Waals surface area contributed by atoms with Crippen LogP contribution in [0.15, 0.2) is 28.8 Å². The summed E-state index contributed by atoms with van der Waals surface area (Å²) in [7, 11) is 0. The molecular formula is C18H25ClN4O. The van der Waals surface area contributed by atoms with Gasteiger partial charge in [0.25, 0.3) is 0 Å². The van der Waals surface area contributed by atoms with Crippen LogP contribution in [0.2, 0.25) is 0 Å². The van der Waals surface area contributed by atoms with Crippen molar-refractivity contribution in [3.8, 4) is 11.4 Å². The highest BCUT2D eigenvalue weighted by Crippen LogP contribution is 2.24. The zero-order valence-electron chi connectivity index (χ0n) is 13.9. The minimum absolute atomic E-state index is 0. The third kappa shape index (κ3) is 3.97. The molecule has 24 heavy (non-hydrogen) atoms. The molecule has 0 amide bonds. The molecule has 0 unspecified atom stereocenters. The summed E-state index contributed by atoms with van der Waals surface area (Å²) in [4.78, 5) is 7.16. The van der Waals surface area contributed by atoms with Crippen molar-refractivity contribution in [1.29, 1.82) is 0 Å². The van der Waals surface area contributed by atoms with E-state index >= 15 is 0 Å². The maximum atomic E-state index is 5.48. The topological polar surface area (TPSA) is 54.2 Å². The molecule has 1 aromatic heterocycles. The highest BCUT2D eigenvalue weighted by molar-refractivity contribution is 5.85. The van der Waals surface area contributed by atoms with E-state index in [1.807, 2.05) is 0 Å². The number of hydrogen-bond donors (Lipinski definition) is 1. The van der Waals surface area contributed by atoms with Crippen LogP contribution in [0.4, 0.5) is 0 Å². The lowest BCUT2D eigenvalue weighted by atomic mass is 10.1. The van der Waals surface area contributed by atoms with Crippen molar-refractivity contribution in [1.82, 2.24) is 20.4 Å². The van der Waals surface area contributed by atoms with Gasteiger partial charge in [0, 0.05) is 18.7 Å². The van der Waals surface area contributed by atoms with Gasteiger partial charge in [-0.2, -0.15) is 4.98 Å². The van der Waals surface area contributed by atoms with Gasteiger partial charge in [0.2, 0.25) is 11.7 Å². The average molecular weight is 349 g/mol. The molecule has 0 spiro atoms. The fourth-order valence-electron chi connectivity index (χ4n) is 3.57. The third-order valence-corrected chi connectivity index (χ3v) is 4.89. The first-order valence-electron chi connectivity index (χ1n) is 8.74. The molecule has 0 saturated carbocycles. The van der Waals surface area contributed by atoms with E-state index < -0.39 is 0 Å². The normalized spacial score (nSPS) is 21.6. The minimum atomic E-state index is 0. The van der Waals surface area contributed by atoms with E-state index in [2.05, 4.69) is 44.6 Å². The van der Waals surface area contributed by atoms with E-state index in [1.54, 1.807) is 0 Å². The Labute approximate surface area is 149 Å². The maximum absolute atomic E-state index is 5.48. The Morgan fingerprint density at radius 1 is 1.21 bits per heavy atom. The van der Waals surface area contributed by atoms with Crippen LogP contribution in [0.5, 0.6) is 0 Å². The van der Waals surface area contributed by atoms with Crippen LogP contribution in [-0.2, 0) is 6.54 Å². The lowest BCUT2D eigenvalue weighted by Gasteiger charge is -2.26. The number of aromatic nitrogens is 2. The summed E-state index contributed by atoms with van der Waals surface area (Å²) in [6.45, 7) is 5.42. The monoisotopic (exact) mass is 348 g/mol. The van der Waals surface area contributed by atoms with E-state index in [1.165, 1.54) is 37.9 Å². The van der Waals surface area contributed by atoms with E-state index in [-0.39, 0.29) is 12.4 Å². The summed E-state index contributed by atoms with van der Waals surface area (Å²) in [5, 5.41) is 7.53. The van der Waals surface area contributed by atoms with Crippen molar-refractivity contribution in [3.63, 3.8) is 0 Å². The Morgan fingerprint density at radius 2 is 2.08 bits per heavy atom. The van der Waals surface area contributed by atoms with E-state index in [9.17, 15) is 0 Å². The van der Waals surface area contributed by atoms with Crippen LogP contribution < -0.4 is 5.32 Å². The number of rotatable bonds is 4. The second-order valence-electron chi connectivity index (χ2n) is 6.68. The van der Waals surface area contributed by atoms with Crippen molar-refractivity contribution < 1.29 is 4.52 Å². The van der Waals surface area contributed by atoms with Crippen molar-refractivity contribution >= 4 is 12.4 Å². The van der Waals surface area contributed by atoms with Crippen LogP contribution in [-0.4, -0.2) is 41.2 Å². The molecule has 1 atom stereocenters. The van der Waals surface area contributed by atoms with Crippen molar-refractivity contribution in [3.05, 3.63) is 35.7 Å². The van der Waals surface area contributed by atoms with Gasteiger partial charge in [0.1, 0.15) is 0 Å². The van der Waals surface area contributed by atoms with Gasteiger partial charge in [-0.05, 0) is 50.5 Å². The van der Waals surface area contributed by atoms with Crippen molar-refractivity contribution in [2.24, 2.45) is 0 Å². The number of nitrogens with one attached hydrogen (secondary N) is 1. The number of hydrogen-bond acceptors (Lipinski definition) is 5. The third-order valence-electron chi connectivity index (χ3n) is 4.89. The van der Waals surface area contributed by atoms with Crippen LogP contribution in [0.3, 0.4) is 0 Å². The molecule has 130 valence electrons. The molecule has 5 nitrogen and oxygen atoms in total. The molecule has 2 aliphatic heterocycles. The van der Waals surface area contributed by atoms with E-state index in [4.69, 9.17) is 4.52 Å². The molecule has 4 rings (SSSR count). The van der Waals surface area contributed by atoms with Crippen LogP contribution in [0.1, 0.15) is 43.1 Å². The Balaban J connectivity index is 0.00000169. The molecule has 1 N–H and O–H groups in total. The van der Waals surface area contributed by atoms with Crippen LogP contribution in [0.25, 0.3) is 11.4 Å². The lowest BCUT2D eigenvalue weighted by molar-refractivity contribution is 0.221. The summed E-state index contributed by atoms with van der Waals surface area (Å²) in [6.07, 6.45) is 5.10. The molecule has 0 bridgehead atoms. The van der Waals surface area contributed by atoms with Crippen molar-refractivity contribution in [2.75, 3.05) is 26.2 Å². The predicted molar refractivity (Wildman–Crippen MR) is 96.3 cm³/mol. The molecule has 6 heteroatoms. The van der Waals surface area contributed by atoms with Gasteiger partial charge in [-0.1, -0.05) is 29.8 Å². The first-order chi connectivity index (χ1) is 11.4. The lowest BCUT2D eigenvalue weighted by Crippen LogP contribution is -2.29. The number of halogens is 1. The average Bonchev–Trinajstić information content (AvgIpc) is 3.28. The first kappa shape index (κ1) is 17.4. The fraction of sp³-hybridized carbons (Fsp3) is 0.556. The summed E-state index contributed by atoms with van der Waals surface area (Å²) < 4.78 is 5.48. The second-order valence-corrected chi connectivity index (χ2v) is 6.68. The molecule has 1 aromatic carbocycles. The Bertz CT molecular complexity index is 648. The second kappa shape index (κ2) is 8.10. The molecular weight excluding hydrogens is 324 g/mol. The van der Waals surface area contributed by atoms with Gasteiger partial charge < -0.3 is 9.84 Å². The number of piperidine rings is 1. The smallest absolute Gasteiger partial charge is 0.231 e. The van der Waals surface area contributed by atoms with Crippen LogP contribution >= 0.6 is 12.4 Å². The minimum Gasteiger partial charge on any atom is -0.339 e. The zero-order valence-corrected chi connectivity index (χ0v) is 14.7.